The van der Waals surface area contributed by atoms with Crippen LogP contribution in [0.2, 0.25) is 5.02 Å². The minimum Gasteiger partial charge on any atom is -0.256 e. The third-order valence-electron chi connectivity index (χ3n) is 3.18. The van der Waals surface area contributed by atoms with E-state index in [1.54, 1.807) is 12.5 Å². The Morgan fingerprint density at radius 2 is 1.80 bits per heavy atom. The Bertz CT molecular complexity index is 799. The minimum absolute atomic E-state index is 0.682. The minimum atomic E-state index is -1.08. The molecular weight excluding hydrogens is 290 g/mol. The average Bonchev–Trinajstić information content (AvgIpc) is 2.47. The summed E-state index contributed by atoms with van der Waals surface area (Å²) in [5.74, 6) is 0. The Balaban J connectivity index is 2.38. The van der Waals surface area contributed by atoms with Crippen molar-refractivity contribution in [2.45, 2.75) is 4.90 Å². The molecule has 0 bridgehead atoms. The van der Waals surface area contributed by atoms with Gasteiger partial charge in [-0.25, -0.2) is 0 Å². The zero-order valence-corrected chi connectivity index (χ0v) is 12.4. The van der Waals surface area contributed by atoms with Gasteiger partial charge in [-0.05, 0) is 29.8 Å². The molecule has 1 atom stereocenters. The molecule has 0 fully saturated rings. The van der Waals surface area contributed by atoms with Gasteiger partial charge in [-0.1, -0.05) is 35.9 Å². The molecule has 0 radical (unpaired) electrons. The number of aromatic nitrogens is 1. The topological polar surface area (TPSA) is 30.0 Å². The Morgan fingerprint density at radius 3 is 2.50 bits per heavy atom. The van der Waals surface area contributed by atoms with Crippen LogP contribution in [-0.4, -0.2) is 15.4 Å². The molecule has 0 spiro atoms. The quantitative estimate of drug-likeness (QED) is 0.706. The molecule has 0 aliphatic carbocycles. The highest BCUT2D eigenvalue weighted by Crippen LogP contribution is 2.33. The Hall–Kier alpha value is -1.71. The number of fused-ring (bicyclic) bond motifs is 1. The van der Waals surface area contributed by atoms with E-state index in [4.69, 9.17) is 11.6 Å². The molecule has 0 amide bonds. The lowest BCUT2D eigenvalue weighted by Gasteiger charge is -2.11. The van der Waals surface area contributed by atoms with Crippen LogP contribution >= 0.6 is 11.6 Å². The van der Waals surface area contributed by atoms with Gasteiger partial charge >= 0.3 is 0 Å². The molecule has 100 valence electrons. The van der Waals surface area contributed by atoms with Crippen molar-refractivity contribution in [2.75, 3.05) is 6.26 Å². The number of hydrogen-bond acceptors (Lipinski definition) is 2. The van der Waals surface area contributed by atoms with E-state index >= 15 is 0 Å². The largest absolute Gasteiger partial charge is 0.256 e. The third kappa shape index (κ3) is 2.35. The van der Waals surface area contributed by atoms with Crippen molar-refractivity contribution >= 4 is 33.3 Å². The van der Waals surface area contributed by atoms with Gasteiger partial charge in [0.2, 0.25) is 0 Å². The van der Waals surface area contributed by atoms with Crippen molar-refractivity contribution in [3.63, 3.8) is 0 Å². The highest BCUT2D eigenvalue weighted by atomic mass is 35.5. The summed E-state index contributed by atoms with van der Waals surface area (Å²) in [7, 11) is -1.08. The van der Waals surface area contributed by atoms with Crippen molar-refractivity contribution in [1.29, 1.82) is 0 Å². The number of pyridine rings is 1. The van der Waals surface area contributed by atoms with E-state index in [9.17, 15) is 4.21 Å². The third-order valence-corrected chi connectivity index (χ3v) is 4.39. The highest BCUT2D eigenvalue weighted by Gasteiger charge is 2.13. The van der Waals surface area contributed by atoms with E-state index in [0.29, 0.717) is 5.02 Å². The predicted octanol–water partition coefficient (Wildman–Crippen LogP) is 4.29. The summed E-state index contributed by atoms with van der Waals surface area (Å²) >= 11 is 5.94. The van der Waals surface area contributed by atoms with Gasteiger partial charge in [0.15, 0.2) is 0 Å². The number of halogens is 1. The summed E-state index contributed by atoms with van der Waals surface area (Å²) < 4.78 is 12.0. The van der Waals surface area contributed by atoms with Crippen LogP contribution in [0.5, 0.6) is 0 Å². The first-order valence-corrected chi connectivity index (χ1v) is 8.07. The lowest BCUT2D eigenvalue weighted by atomic mass is 10.0. The molecule has 0 N–H and O–H groups in total. The molecule has 2 aromatic carbocycles. The van der Waals surface area contributed by atoms with Gasteiger partial charge in [0.05, 0.1) is 16.3 Å². The van der Waals surface area contributed by atoms with Crippen LogP contribution in [0.15, 0.2) is 59.6 Å². The fraction of sp³-hybridized carbons (Fsp3) is 0.0625. The standard InChI is InChI=1S/C16H12ClNOS/c1-20(19)14-9-6-12-3-2-10-18-16(12)15(14)11-4-7-13(17)8-5-11/h2-10H,1H3. The molecule has 4 heteroatoms. The summed E-state index contributed by atoms with van der Waals surface area (Å²) in [4.78, 5) is 5.25. The molecule has 0 aliphatic heterocycles. The number of benzene rings is 2. The number of nitrogens with zero attached hydrogens (tertiary/aromatic N) is 1. The molecule has 1 heterocycles. The van der Waals surface area contributed by atoms with Crippen molar-refractivity contribution in [1.82, 2.24) is 4.98 Å². The Morgan fingerprint density at radius 1 is 1.05 bits per heavy atom. The van der Waals surface area contributed by atoms with Crippen LogP contribution in [0, 0.1) is 0 Å². The molecule has 20 heavy (non-hydrogen) atoms. The summed E-state index contributed by atoms with van der Waals surface area (Å²) in [6.45, 7) is 0. The zero-order chi connectivity index (χ0) is 14.1. The van der Waals surface area contributed by atoms with Crippen LogP contribution in [0.25, 0.3) is 22.0 Å². The molecule has 0 saturated heterocycles. The Kier molecular flexibility index (Phi) is 3.55. The van der Waals surface area contributed by atoms with Crippen LogP contribution in [0.4, 0.5) is 0 Å². The summed E-state index contributed by atoms with van der Waals surface area (Å²) in [6, 6.07) is 15.3. The van der Waals surface area contributed by atoms with Crippen molar-refractivity contribution in [3.05, 3.63) is 59.8 Å². The van der Waals surface area contributed by atoms with Crippen molar-refractivity contribution < 1.29 is 4.21 Å². The molecule has 0 aliphatic rings. The van der Waals surface area contributed by atoms with E-state index in [2.05, 4.69) is 4.98 Å². The highest BCUT2D eigenvalue weighted by molar-refractivity contribution is 7.84. The number of rotatable bonds is 2. The lowest BCUT2D eigenvalue weighted by Crippen LogP contribution is -1.95. The summed E-state index contributed by atoms with van der Waals surface area (Å²) in [5, 5.41) is 1.72. The van der Waals surface area contributed by atoms with Crippen LogP contribution in [0.1, 0.15) is 0 Å². The van der Waals surface area contributed by atoms with Gasteiger partial charge in [0, 0.05) is 33.3 Å². The van der Waals surface area contributed by atoms with E-state index in [0.717, 1.165) is 26.9 Å². The van der Waals surface area contributed by atoms with Crippen LogP contribution in [0.3, 0.4) is 0 Å². The normalized spacial score (nSPS) is 12.5. The second-order valence-corrected chi connectivity index (χ2v) is 6.26. The van der Waals surface area contributed by atoms with Gasteiger partial charge in [0.1, 0.15) is 0 Å². The van der Waals surface area contributed by atoms with Gasteiger partial charge in [-0.2, -0.15) is 0 Å². The van der Waals surface area contributed by atoms with E-state index in [1.165, 1.54) is 0 Å². The van der Waals surface area contributed by atoms with Crippen LogP contribution in [-0.2, 0) is 10.8 Å². The van der Waals surface area contributed by atoms with Crippen molar-refractivity contribution in [3.8, 4) is 11.1 Å². The van der Waals surface area contributed by atoms with Gasteiger partial charge < -0.3 is 0 Å². The molecule has 1 aromatic heterocycles. The maximum absolute atomic E-state index is 12.0. The summed E-state index contributed by atoms with van der Waals surface area (Å²) in [5.41, 5.74) is 2.76. The maximum atomic E-state index is 12.0. The maximum Gasteiger partial charge on any atom is 0.0792 e. The fourth-order valence-corrected chi connectivity index (χ4v) is 3.15. The first kappa shape index (κ1) is 13.3. The van der Waals surface area contributed by atoms with Gasteiger partial charge in [0.25, 0.3) is 0 Å². The van der Waals surface area contributed by atoms with Crippen molar-refractivity contribution in [2.24, 2.45) is 0 Å². The van der Waals surface area contributed by atoms with Gasteiger partial charge in [-0.15, -0.1) is 0 Å². The monoisotopic (exact) mass is 301 g/mol. The first-order valence-electron chi connectivity index (χ1n) is 6.14. The van der Waals surface area contributed by atoms with E-state index in [-0.39, 0.29) is 0 Å². The second-order valence-electron chi connectivity index (χ2n) is 4.47. The van der Waals surface area contributed by atoms with E-state index < -0.39 is 10.8 Å². The summed E-state index contributed by atoms with van der Waals surface area (Å²) in [6.07, 6.45) is 3.44. The number of hydrogen-bond donors (Lipinski definition) is 0. The SMILES string of the molecule is CS(=O)c1ccc2cccnc2c1-c1ccc(Cl)cc1. The van der Waals surface area contributed by atoms with Gasteiger partial charge in [-0.3, -0.25) is 9.19 Å². The van der Waals surface area contributed by atoms with E-state index in [1.807, 2.05) is 48.5 Å². The molecule has 3 aromatic rings. The molecule has 0 saturated carbocycles. The van der Waals surface area contributed by atoms with Crippen LogP contribution < -0.4 is 0 Å². The average molecular weight is 302 g/mol. The lowest BCUT2D eigenvalue weighted by molar-refractivity contribution is 0.687. The first-order chi connectivity index (χ1) is 9.66. The molecule has 2 nitrogen and oxygen atoms in total. The molecule has 1 unspecified atom stereocenters. The smallest absolute Gasteiger partial charge is 0.0792 e. The Labute approximate surface area is 124 Å². The zero-order valence-electron chi connectivity index (χ0n) is 10.8. The fourth-order valence-electron chi connectivity index (χ4n) is 2.26. The molecule has 3 rings (SSSR count). The molecular formula is C16H12ClNOS. The second kappa shape index (κ2) is 5.35. The predicted molar refractivity (Wildman–Crippen MR) is 84.5 cm³/mol.